The second-order valence-electron chi connectivity index (χ2n) is 7.82. The van der Waals surface area contributed by atoms with E-state index in [2.05, 4.69) is 19.0 Å². The third kappa shape index (κ3) is 9.28. The quantitative estimate of drug-likeness (QED) is 0.0698. The van der Waals surface area contributed by atoms with Crippen molar-refractivity contribution in [2.45, 2.75) is 43.7 Å². The Bertz CT molecular complexity index is 1170. The van der Waals surface area contributed by atoms with Crippen LogP contribution in [0.4, 0.5) is 37.4 Å². The summed E-state index contributed by atoms with van der Waals surface area (Å²) in [6, 6.07) is -0.156. The maximum absolute atomic E-state index is 13.7. The zero-order valence-corrected chi connectivity index (χ0v) is 21.2. The van der Waals surface area contributed by atoms with Gasteiger partial charge in [0, 0.05) is 12.5 Å². The summed E-state index contributed by atoms with van der Waals surface area (Å²) >= 11 is 0. The minimum Gasteiger partial charge on any atom is -0.475 e. The van der Waals surface area contributed by atoms with Crippen LogP contribution in [-0.2, 0) is 35.0 Å². The van der Waals surface area contributed by atoms with Gasteiger partial charge in [-0.3, -0.25) is 0 Å². The van der Waals surface area contributed by atoms with Gasteiger partial charge in [0.05, 0.1) is 18.8 Å². The number of hydrogen-bond donors (Lipinski definition) is 0. The molecule has 40 heavy (non-hydrogen) atoms. The molecule has 228 valence electrons. The number of alkyl halides is 3. The largest absolute Gasteiger partial charge is 0.511 e. The van der Waals surface area contributed by atoms with Crippen LogP contribution in [0.1, 0.15) is 25.0 Å². The van der Waals surface area contributed by atoms with Crippen LogP contribution in [0.5, 0.6) is 5.75 Å². The number of nitrogens with zero attached hydrogens (tertiary/aromatic N) is 1. The van der Waals surface area contributed by atoms with E-state index < -0.39 is 93.0 Å². The van der Waals surface area contributed by atoms with Crippen LogP contribution in [0.25, 0.3) is 6.08 Å². The Hall–Kier alpha value is -3.55. The molecule has 0 amide bonds. The van der Waals surface area contributed by atoms with Gasteiger partial charge in [0.1, 0.15) is 23.9 Å². The molecule has 0 bridgehead atoms. The summed E-state index contributed by atoms with van der Waals surface area (Å²) in [5.74, 6) is -2.63. The van der Waals surface area contributed by atoms with Gasteiger partial charge in [0.2, 0.25) is 12.4 Å². The van der Waals surface area contributed by atoms with Crippen LogP contribution in [0.15, 0.2) is 22.6 Å². The Labute approximate surface area is 219 Å². The number of rotatable bonds is 12. The molecule has 0 spiro atoms. The number of carbonyl (C=O) groups is 2. The molecular weight excluding hydrogens is 598 g/mol. The lowest BCUT2D eigenvalue weighted by Crippen LogP contribution is -2.41. The third-order valence-corrected chi connectivity index (χ3v) is 5.89. The molecular formula is C20H21F8NO10S. The van der Waals surface area contributed by atoms with E-state index in [1.54, 1.807) is 0 Å². The summed E-state index contributed by atoms with van der Waals surface area (Å²) in [7, 11) is -10.3. The van der Waals surface area contributed by atoms with Crippen molar-refractivity contribution in [2.75, 3.05) is 26.4 Å². The SMILES string of the molecule is CCc1cc(S(F)(F)(F)(F)F)cc2c1O[C@H](C(F)(F)F)C(C(=O)OC(C)OC(=O)OCCOCCO[N+](=O)[O-])=C2. The average Bonchev–Trinajstić information content (AvgIpc) is 2.79. The van der Waals surface area contributed by atoms with Gasteiger partial charge in [-0.25, -0.2) is 9.59 Å². The number of fused-ring (bicyclic) bond motifs is 1. The first kappa shape index (κ1) is 32.7. The standard InChI is InChI=1S/C20H21F8NO10S/c1-3-12-8-14(40(24,25,26,27)28)9-13-10-15(17(20(21,22)23)39-16(12)13)18(30)37-11(2)38-19(31)35-6-4-34-5-7-36-29(32)33/h8-11,17H,3-7H2,1-2H3/t11?,17-/m0/s1. The van der Waals surface area contributed by atoms with E-state index in [1.165, 1.54) is 6.92 Å². The first-order chi connectivity index (χ1) is 18.1. The molecule has 0 saturated heterocycles. The van der Waals surface area contributed by atoms with E-state index in [1.807, 2.05) is 0 Å². The van der Waals surface area contributed by atoms with Crippen molar-refractivity contribution in [3.05, 3.63) is 38.9 Å². The summed E-state index contributed by atoms with van der Waals surface area (Å²) in [5, 5.41) is 8.89. The number of ether oxygens (including phenoxy) is 5. The Morgan fingerprint density at radius 2 is 1.70 bits per heavy atom. The van der Waals surface area contributed by atoms with Crippen molar-refractivity contribution < 1.29 is 75.8 Å². The lowest BCUT2D eigenvalue weighted by Gasteiger charge is -2.41. The molecule has 20 heteroatoms. The summed E-state index contributed by atoms with van der Waals surface area (Å²) in [5.41, 5.74) is -2.91. The summed E-state index contributed by atoms with van der Waals surface area (Å²) in [6.07, 6.45) is -11.9. The zero-order chi connectivity index (χ0) is 30.6. The lowest BCUT2D eigenvalue weighted by molar-refractivity contribution is -0.758. The molecule has 0 radical (unpaired) electrons. The van der Waals surface area contributed by atoms with Crippen molar-refractivity contribution >= 4 is 28.4 Å². The Balaban J connectivity index is 2.17. The minimum atomic E-state index is -10.3. The predicted octanol–water partition coefficient (Wildman–Crippen LogP) is 5.88. The second kappa shape index (κ2) is 11.1. The molecule has 0 saturated carbocycles. The second-order valence-corrected chi connectivity index (χ2v) is 10.2. The highest BCUT2D eigenvalue weighted by atomic mass is 32.5. The number of benzene rings is 1. The smallest absolute Gasteiger partial charge is 0.475 e. The van der Waals surface area contributed by atoms with Crippen LogP contribution >= 0.6 is 10.2 Å². The molecule has 2 atom stereocenters. The molecule has 1 aliphatic rings. The van der Waals surface area contributed by atoms with Crippen LogP contribution in [0, 0.1) is 10.1 Å². The van der Waals surface area contributed by atoms with Gasteiger partial charge in [0.15, 0.2) is 0 Å². The highest BCUT2D eigenvalue weighted by Crippen LogP contribution is 3.02. The fourth-order valence-corrected chi connectivity index (χ4v) is 3.84. The Morgan fingerprint density at radius 1 is 1.07 bits per heavy atom. The fraction of sp³-hybridized carbons (Fsp3) is 0.500. The van der Waals surface area contributed by atoms with E-state index in [4.69, 9.17) is 9.47 Å². The number of esters is 1. The average molecular weight is 619 g/mol. The van der Waals surface area contributed by atoms with Crippen LogP contribution < -0.4 is 4.74 Å². The van der Waals surface area contributed by atoms with Crippen molar-refractivity contribution in [1.82, 2.24) is 0 Å². The Morgan fingerprint density at radius 3 is 2.25 bits per heavy atom. The van der Waals surface area contributed by atoms with Crippen molar-refractivity contribution in [3.63, 3.8) is 0 Å². The summed E-state index contributed by atoms with van der Waals surface area (Å²) < 4.78 is 131. The van der Waals surface area contributed by atoms with Gasteiger partial charge in [-0.15, -0.1) is 10.1 Å². The molecule has 1 aliphatic heterocycles. The molecule has 0 fully saturated rings. The monoisotopic (exact) mass is 619 g/mol. The van der Waals surface area contributed by atoms with E-state index in [9.17, 15) is 52.3 Å². The van der Waals surface area contributed by atoms with Crippen molar-refractivity contribution in [3.8, 4) is 5.75 Å². The van der Waals surface area contributed by atoms with Gasteiger partial charge >= 0.3 is 28.5 Å². The molecule has 11 nitrogen and oxygen atoms in total. The summed E-state index contributed by atoms with van der Waals surface area (Å²) in [6.45, 7) is 0.693. The first-order valence-corrected chi connectivity index (χ1v) is 12.8. The lowest BCUT2D eigenvalue weighted by atomic mass is 9.98. The van der Waals surface area contributed by atoms with Crippen LogP contribution in [0.2, 0.25) is 0 Å². The minimum absolute atomic E-state index is 0.0159. The van der Waals surface area contributed by atoms with Gasteiger partial charge in [-0.1, -0.05) is 26.4 Å². The van der Waals surface area contributed by atoms with Gasteiger partial charge < -0.3 is 28.5 Å². The number of halogens is 8. The van der Waals surface area contributed by atoms with E-state index in [-0.39, 0.29) is 31.4 Å². The highest BCUT2D eigenvalue weighted by Gasteiger charge is 2.66. The molecule has 1 heterocycles. The molecule has 1 aromatic rings. The number of carbonyl (C=O) groups excluding carboxylic acids is 2. The Kier molecular flexibility index (Phi) is 9.10. The number of hydrogen-bond acceptors (Lipinski definition) is 10. The molecule has 0 aromatic heterocycles. The topological polar surface area (TPSA) is 133 Å². The molecule has 1 unspecified atom stereocenters. The summed E-state index contributed by atoms with van der Waals surface area (Å²) in [4.78, 5) is 35.6. The van der Waals surface area contributed by atoms with Crippen LogP contribution in [0.3, 0.4) is 0 Å². The number of aryl methyl sites for hydroxylation is 1. The van der Waals surface area contributed by atoms with Gasteiger partial charge in [0.25, 0.3) is 5.09 Å². The van der Waals surface area contributed by atoms with Crippen molar-refractivity contribution in [2.24, 2.45) is 0 Å². The third-order valence-electron chi connectivity index (χ3n) is 4.76. The maximum atomic E-state index is 13.7. The molecule has 0 aliphatic carbocycles. The van der Waals surface area contributed by atoms with Crippen molar-refractivity contribution in [1.29, 1.82) is 0 Å². The first-order valence-electron chi connectivity index (χ1n) is 10.9. The molecule has 0 N–H and O–H groups in total. The van der Waals surface area contributed by atoms with E-state index in [0.717, 1.165) is 6.92 Å². The molecule has 2 rings (SSSR count). The predicted molar refractivity (Wildman–Crippen MR) is 117 cm³/mol. The highest BCUT2D eigenvalue weighted by molar-refractivity contribution is 8.45. The normalized spacial score (nSPS) is 17.6. The zero-order valence-electron chi connectivity index (χ0n) is 20.4. The van der Waals surface area contributed by atoms with E-state index in [0.29, 0.717) is 0 Å². The maximum Gasteiger partial charge on any atom is 0.511 e. The van der Waals surface area contributed by atoms with E-state index >= 15 is 0 Å². The van der Waals surface area contributed by atoms with Gasteiger partial charge in [-0.2, -0.15) is 13.2 Å². The fourth-order valence-electron chi connectivity index (χ4n) is 3.12. The van der Waals surface area contributed by atoms with Crippen LogP contribution in [-0.4, -0.2) is 62.2 Å². The molecule has 1 aromatic carbocycles. The van der Waals surface area contributed by atoms with Gasteiger partial charge in [-0.05, 0) is 30.2 Å².